The molecule has 0 aromatic carbocycles. The minimum atomic E-state index is -0.846. The maximum absolute atomic E-state index is 12.1. The lowest BCUT2D eigenvalue weighted by Crippen LogP contribution is -2.48. The van der Waals surface area contributed by atoms with Gasteiger partial charge in [0.25, 0.3) is 0 Å². The molecule has 2 rings (SSSR count). The SMILES string of the molecule is O=C(O)CC1(NC(=O)Cc2ccc(Br)s2)CCCC1. The van der Waals surface area contributed by atoms with Gasteiger partial charge in [0.2, 0.25) is 5.91 Å². The molecule has 1 amide bonds. The largest absolute Gasteiger partial charge is 0.481 e. The van der Waals surface area contributed by atoms with E-state index >= 15 is 0 Å². The predicted octanol–water partition coefficient (Wildman–Crippen LogP) is 2.96. The summed E-state index contributed by atoms with van der Waals surface area (Å²) in [5, 5.41) is 11.9. The summed E-state index contributed by atoms with van der Waals surface area (Å²) in [5.41, 5.74) is -0.530. The Bertz CT molecular complexity index is 480. The third-order valence-corrected chi connectivity index (χ3v) is 5.04. The summed E-state index contributed by atoms with van der Waals surface area (Å²) < 4.78 is 0.997. The summed E-state index contributed by atoms with van der Waals surface area (Å²) in [6.45, 7) is 0. The zero-order chi connectivity index (χ0) is 13.9. The van der Waals surface area contributed by atoms with Crippen molar-refractivity contribution in [3.05, 3.63) is 20.8 Å². The van der Waals surface area contributed by atoms with Gasteiger partial charge in [0, 0.05) is 4.88 Å². The number of hydrogen-bond donors (Lipinski definition) is 2. The first-order chi connectivity index (χ1) is 8.99. The highest BCUT2D eigenvalue weighted by Crippen LogP contribution is 2.33. The van der Waals surface area contributed by atoms with Crippen LogP contribution in [-0.4, -0.2) is 22.5 Å². The molecule has 2 N–H and O–H groups in total. The maximum Gasteiger partial charge on any atom is 0.305 e. The minimum absolute atomic E-state index is 0.0207. The highest BCUT2D eigenvalue weighted by Gasteiger charge is 2.37. The molecule has 0 unspecified atom stereocenters. The molecule has 1 heterocycles. The molecule has 0 atom stereocenters. The molecule has 0 spiro atoms. The molecule has 104 valence electrons. The zero-order valence-corrected chi connectivity index (χ0v) is 12.8. The Hall–Kier alpha value is -0.880. The van der Waals surface area contributed by atoms with E-state index in [-0.39, 0.29) is 12.3 Å². The van der Waals surface area contributed by atoms with Gasteiger partial charge in [0.15, 0.2) is 0 Å². The number of thiophene rings is 1. The smallest absolute Gasteiger partial charge is 0.305 e. The fraction of sp³-hybridized carbons (Fsp3) is 0.538. The van der Waals surface area contributed by atoms with Crippen molar-refractivity contribution >= 4 is 39.1 Å². The second kappa shape index (κ2) is 6.05. The monoisotopic (exact) mass is 345 g/mol. The quantitative estimate of drug-likeness (QED) is 0.861. The number of carboxylic acid groups (broad SMARTS) is 1. The molecule has 0 aliphatic heterocycles. The summed E-state index contributed by atoms with van der Waals surface area (Å²) >= 11 is 4.89. The molecule has 0 saturated heterocycles. The molecular formula is C13H16BrNO3S. The summed E-state index contributed by atoms with van der Waals surface area (Å²) in [4.78, 5) is 24.0. The van der Waals surface area contributed by atoms with Crippen LogP contribution in [-0.2, 0) is 16.0 Å². The lowest BCUT2D eigenvalue weighted by Gasteiger charge is -2.28. The molecule has 1 fully saturated rings. The van der Waals surface area contributed by atoms with Gasteiger partial charge in [0.05, 0.1) is 22.2 Å². The van der Waals surface area contributed by atoms with E-state index in [1.165, 1.54) is 11.3 Å². The van der Waals surface area contributed by atoms with Crippen LogP contribution in [0.25, 0.3) is 0 Å². The van der Waals surface area contributed by atoms with Crippen LogP contribution in [0.3, 0.4) is 0 Å². The lowest BCUT2D eigenvalue weighted by atomic mass is 9.93. The van der Waals surface area contributed by atoms with Crippen molar-refractivity contribution in [1.82, 2.24) is 5.32 Å². The first-order valence-corrected chi connectivity index (χ1v) is 7.87. The molecule has 0 bridgehead atoms. The van der Waals surface area contributed by atoms with E-state index in [2.05, 4.69) is 21.2 Å². The number of rotatable bonds is 5. The second-order valence-corrected chi connectivity index (χ2v) is 7.54. The van der Waals surface area contributed by atoms with Crippen LogP contribution in [0, 0.1) is 0 Å². The Labute approximate surface area is 124 Å². The number of carboxylic acids is 1. The van der Waals surface area contributed by atoms with Gasteiger partial charge in [0.1, 0.15) is 0 Å². The van der Waals surface area contributed by atoms with Crippen LogP contribution >= 0.6 is 27.3 Å². The third-order valence-electron chi connectivity index (χ3n) is 3.42. The number of halogens is 1. The Balaban J connectivity index is 1.97. The molecule has 1 saturated carbocycles. The standard InChI is InChI=1S/C13H16BrNO3S/c14-10-4-3-9(19-10)7-11(16)15-13(8-12(17)18)5-1-2-6-13/h3-4H,1-2,5-8H2,(H,15,16)(H,17,18). The van der Waals surface area contributed by atoms with Gasteiger partial charge in [-0.1, -0.05) is 12.8 Å². The van der Waals surface area contributed by atoms with Crippen LogP contribution in [0.15, 0.2) is 15.9 Å². The Morgan fingerprint density at radius 3 is 2.58 bits per heavy atom. The number of amides is 1. The van der Waals surface area contributed by atoms with E-state index in [9.17, 15) is 9.59 Å². The van der Waals surface area contributed by atoms with Crippen LogP contribution in [0.4, 0.5) is 0 Å². The summed E-state index contributed by atoms with van der Waals surface area (Å²) in [6, 6.07) is 3.82. The number of nitrogens with one attached hydrogen (secondary N) is 1. The van der Waals surface area contributed by atoms with Gasteiger partial charge >= 0.3 is 5.97 Å². The lowest BCUT2D eigenvalue weighted by molar-refractivity contribution is -0.139. The van der Waals surface area contributed by atoms with Crippen molar-refractivity contribution in [2.45, 2.75) is 44.1 Å². The number of hydrogen-bond acceptors (Lipinski definition) is 3. The van der Waals surface area contributed by atoms with Crippen LogP contribution in [0.5, 0.6) is 0 Å². The van der Waals surface area contributed by atoms with Gasteiger partial charge in [-0.15, -0.1) is 11.3 Å². The fourth-order valence-electron chi connectivity index (χ4n) is 2.63. The van der Waals surface area contributed by atoms with Crippen molar-refractivity contribution < 1.29 is 14.7 Å². The van der Waals surface area contributed by atoms with E-state index in [0.717, 1.165) is 34.3 Å². The number of aliphatic carboxylic acids is 1. The van der Waals surface area contributed by atoms with Gasteiger partial charge in [-0.05, 0) is 40.9 Å². The number of carbonyl (C=O) groups excluding carboxylic acids is 1. The fourth-order valence-corrected chi connectivity index (χ4v) is 4.11. The van der Waals surface area contributed by atoms with Crippen molar-refractivity contribution in [1.29, 1.82) is 0 Å². The van der Waals surface area contributed by atoms with Crippen LogP contribution < -0.4 is 5.32 Å². The van der Waals surface area contributed by atoms with Crippen molar-refractivity contribution in [2.75, 3.05) is 0 Å². The van der Waals surface area contributed by atoms with E-state index in [0.29, 0.717) is 6.42 Å². The molecule has 4 nitrogen and oxygen atoms in total. The molecule has 19 heavy (non-hydrogen) atoms. The van der Waals surface area contributed by atoms with E-state index in [1.807, 2.05) is 12.1 Å². The molecule has 1 aromatic rings. The van der Waals surface area contributed by atoms with Gasteiger partial charge in [-0.2, -0.15) is 0 Å². The Kier molecular flexibility index (Phi) is 4.62. The van der Waals surface area contributed by atoms with Crippen molar-refractivity contribution in [3.63, 3.8) is 0 Å². The van der Waals surface area contributed by atoms with Crippen molar-refractivity contribution in [2.24, 2.45) is 0 Å². The van der Waals surface area contributed by atoms with Gasteiger partial charge in [-0.25, -0.2) is 0 Å². The van der Waals surface area contributed by atoms with E-state index in [1.54, 1.807) is 0 Å². The highest BCUT2D eigenvalue weighted by molar-refractivity contribution is 9.11. The summed E-state index contributed by atoms with van der Waals surface area (Å²) in [5.74, 6) is -0.932. The van der Waals surface area contributed by atoms with Gasteiger partial charge in [-0.3, -0.25) is 9.59 Å². The number of carbonyl (C=O) groups is 2. The second-order valence-electron chi connectivity index (χ2n) is 4.99. The van der Waals surface area contributed by atoms with Crippen molar-refractivity contribution in [3.8, 4) is 0 Å². The first-order valence-electron chi connectivity index (χ1n) is 6.26. The van der Waals surface area contributed by atoms with E-state index < -0.39 is 11.5 Å². The minimum Gasteiger partial charge on any atom is -0.481 e. The molecule has 1 aliphatic rings. The predicted molar refractivity (Wildman–Crippen MR) is 77.3 cm³/mol. The average Bonchev–Trinajstić information content (AvgIpc) is 2.87. The Morgan fingerprint density at radius 2 is 2.05 bits per heavy atom. The molecular weight excluding hydrogens is 330 g/mol. The normalized spacial score (nSPS) is 17.3. The van der Waals surface area contributed by atoms with Crippen LogP contribution in [0.2, 0.25) is 0 Å². The third kappa shape index (κ3) is 4.04. The topological polar surface area (TPSA) is 66.4 Å². The molecule has 1 aromatic heterocycles. The maximum atomic E-state index is 12.1. The first kappa shape index (κ1) is 14.5. The molecule has 0 radical (unpaired) electrons. The van der Waals surface area contributed by atoms with Gasteiger partial charge < -0.3 is 10.4 Å². The summed E-state index contributed by atoms with van der Waals surface area (Å²) in [7, 11) is 0. The average molecular weight is 346 g/mol. The Morgan fingerprint density at radius 1 is 1.37 bits per heavy atom. The van der Waals surface area contributed by atoms with E-state index in [4.69, 9.17) is 5.11 Å². The molecule has 6 heteroatoms. The van der Waals surface area contributed by atoms with Crippen LogP contribution in [0.1, 0.15) is 37.0 Å². The summed E-state index contributed by atoms with van der Waals surface area (Å²) in [6.07, 6.45) is 3.83. The molecule has 1 aliphatic carbocycles. The zero-order valence-electron chi connectivity index (χ0n) is 10.4. The highest BCUT2D eigenvalue weighted by atomic mass is 79.9.